The lowest BCUT2D eigenvalue weighted by Gasteiger charge is -2.23. The second-order valence-electron chi connectivity index (χ2n) is 4.83. The van der Waals surface area contributed by atoms with Crippen LogP contribution < -0.4 is 10.1 Å². The van der Waals surface area contributed by atoms with E-state index in [9.17, 15) is 0 Å². The van der Waals surface area contributed by atoms with Gasteiger partial charge in [0.1, 0.15) is 11.9 Å². The summed E-state index contributed by atoms with van der Waals surface area (Å²) in [7, 11) is 0. The van der Waals surface area contributed by atoms with Crippen LogP contribution in [0.1, 0.15) is 12.8 Å². The molecule has 1 aromatic carbocycles. The molecule has 1 fully saturated rings. The summed E-state index contributed by atoms with van der Waals surface area (Å²) in [6, 6.07) is 14.1. The van der Waals surface area contributed by atoms with Gasteiger partial charge in [-0.2, -0.15) is 0 Å². The average Bonchev–Trinajstić information content (AvgIpc) is 2.50. The van der Waals surface area contributed by atoms with Crippen molar-refractivity contribution in [1.82, 2.24) is 10.3 Å². The summed E-state index contributed by atoms with van der Waals surface area (Å²) < 4.78 is 5.96. The number of hydrogen-bond donors (Lipinski definition) is 1. The fourth-order valence-electron chi connectivity index (χ4n) is 2.35. The van der Waals surface area contributed by atoms with Gasteiger partial charge >= 0.3 is 0 Å². The molecular formula is C16H18N2O. The molecular weight excluding hydrogens is 236 g/mol. The van der Waals surface area contributed by atoms with Crippen LogP contribution in [0.25, 0.3) is 11.3 Å². The first-order valence-corrected chi connectivity index (χ1v) is 6.81. The van der Waals surface area contributed by atoms with Crippen molar-refractivity contribution in [2.45, 2.75) is 18.9 Å². The summed E-state index contributed by atoms with van der Waals surface area (Å²) in [6.45, 7) is 2.06. The van der Waals surface area contributed by atoms with Crippen molar-refractivity contribution in [2.75, 3.05) is 13.1 Å². The number of piperidine rings is 1. The summed E-state index contributed by atoms with van der Waals surface area (Å²) >= 11 is 0. The lowest BCUT2D eigenvalue weighted by molar-refractivity contribution is 0.167. The van der Waals surface area contributed by atoms with Gasteiger partial charge < -0.3 is 10.1 Å². The molecule has 98 valence electrons. The van der Waals surface area contributed by atoms with E-state index < -0.39 is 0 Å². The number of rotatable bonds is 3. The Morgan fingerprint density at radius 1 is 1.11 bits per heavy atom. The molecule has 1 aliphatic heterocycles. The second-order valence-corrected chi connectivity index (χ2v) is 4.83. The zero-order valence-corrected chi connectivity index (χ0v) is 10.9. The molecule has 2 heterocycles. The monoisotopic (exact) mass is 254 g/mol. The highest BCUT2D eigenvalue weighted by Crippen LogP contribution is 2.22. The Morgan fingerprint density at radius 3 is 2.68 bits per heavy atom. The predicted molar refractivity (Wildman–Crippen MR) is 76.2 cm³/mol. The highest BCUT2D eigenvalue weighted by Gasteiger charge is 2.14. The molecule has 3 heteroatoms. The van der Waals surface area contributed by atoms with Crippen molar-refractivity contribution in [1.29, 1.82) is 0 Å². The van der Waals surface area contributed by atoms with Crippen LogP contribution in [0.2, 0.25) is 0 Å². The van der Waals surface area contributed by atoms with E-state index in [4.69, 9.17) is 4.74 Å². The van der Waals surface area contributed by atoms with Gasteiger partial charge in [-0.25, -0.2) is 0 Å². The van der Waals surface area contributed by atoms with Gasteiger partial charge in [0.05, 0.1) is 5.69 Å². The Morgan fingerprint density at radius 2 is 2.00 bits per heavy atom. The van der Waals surface area contributed by atoms with Crippen LogP contribution in [0, 0.1) is 0 Å². The van der Waals surface area contributed by atoms with Gasteiger partial charge in [0.2, 0.25) is 0 Å². The summed E-state index contributed by atoms with van der Waals surface area (Å²) in [6.07, 6.45) is 4.44. The van der Waals surface area contributed by atoms with Crippen LogP contribution in [-0.4, -0.2) is 24.2 Å². The summed E-state index contributed by atoms with van der Waals surface area (Å²) in [5, 5.41) is 3.36. The van der Waals surface area contributed by atoms with Crippen LogP contribution in [0.4, 0.5) is 0 Å². The number of pyridine rings is 1. The molecule has 0 saturated carbocycles. The fraction of sp³-hybridized carbons (Fsp3) is 0.312. The van der Waals surface area contributed by atoms with Crippen LogP contribution in [0.3, 0.4) is 0 Å². The van der Waals surface area contributed by atoms with Gasteiger partial charge in [-0.1, -0.05) is 6.07 Å². The summed E-state index contributed by atoms with van der Waals surface area (Å²) in [5.74, 6) is 0.938. The van der Waals surface area contributed by atoms with Gasteiger partial charge in [0.15, 0.2) is 0 Å². The van der Waals surface area contributed by atoms with E-state index in [1.54, 1.807) is 0 Å². The van der Waals surface area contributed by atoms with Gasteiger partial charge in [0.25, 0.3) is 0 Å². The molecule has 1 atom stereocenters. The highest BCUT2D eigenvalue weighted by atomic mass is 16.5. The molecule has 3 nitrogen and oxygen atoms in total. The SMILES string of the molecule is c1ccc(-c2ccc(OC3CCCNC3)cc2)nc1. The lowest BCUT2D eigenvalue weighted by Crippen LogP contribution is -2.37. The van der Waals surface area contributed by atoms with E-state index in [2.05, 4.69) is 22.4 Å². The first kappa shape index (κ1) is 12.2. The normalized spacial score (nSPS) is 19.1. The maximum absolute atomic E-state index is 5.96. The van der Waals surface area contributed by atoms with Crippen LogP contribution in [0.5, 0.6) is 5.75 Å². The number of ether oxygens (including phenoxy) is 1. The minimum absolute atomic E-state index is 0.300. The van der Waals surface area contributed by atoms with Crippen molar-refractivity contribution in [3.8, 4) is 17.0 Å². The van der Waals surface area contributed by atoms with Crippen molar-refractivity contribution in [3.05, 3.63) is 48.7 Å². The zero-order chi connectivity index (χ0) is 12.9. The lowest BCUT2D eigenvalue weighted by atomic mass is 10.1. The number of aromatic nitrogens is 1. The molecule has 0 radical (unpaired) electrons. The summed E-state index contributed by atoms with van der Waals surface area (Å²) in [5.41, 5.74) is 2.11. The molecule has 1 N–H and O–H groups in total. The highest BCUT2D eigenvalue weighted by molar-refractivity contribution is 5.59. The third-order valence-corrected chi connectivity index (χ3v) is 3.37. The first-order valence-electron chi connectivity index (χ1n) is 6.81. The van der Waals surface area contributed by atoms with Crippen molar-refractivity contribution < 1.29 is 4.74 Å². The molecule has 1 saturated heterocycles. The summed E-state index contributed by atoms with van der Waals surface area (Å²) in [4.78, 5) is 4.34. The molecule has 3 rings (SSSR count). The molecule has 1 aliphatic rings. The second kappa shape index (κ2) is 5.85. The standard InChI is InChI=1S/C16H18N2O/c1-2-11-18-16(5-1)13-6-8-14(9-7-13)19-15-4-3-10-17-12-15/h1-2,5-9,11,15,17H,3-4,10,12H2. The number of hydrogen-bond acceptors (Lipinski definition) is 3. The molecule has 1 unspecified atom stereocenters. The Bertz CT molecular complexity index is 504. The topological polar surface area (TPSA) is 34.1 Å². The molecule has 0 bridgehead atoms. The fourth-order valence-corrected chi connectivity index (χ4v) is 2.35. The van der Waals surface area contributed by atoms with Crippen LogP contribution >= 0.6 is 0 Å². The zero-order valence-electron chi connectivity index (χ0n) is 10.9. The van der Waals surface area contributed by atoms with Gasteiger partial charge in [-0.05, 0) is 55.8 Å². The third-order valence-electron chi connectivity index (χ3n) is 3.37. The first-order chi connectivity index (χ1) is 9.42. The molecule has 0 aliphatic carbocycles. The molecule has 19 heavy (non-hydrogen) atoms. The maximum Gasteiger partial charge on any atom is 0.119 e. The quantitative estimate of drug-likeness (QED) is 0.914. The number of nitrogens with zero attached hydrogens (tertiary/aromatic N) is 1. The van der Waals surface area contributed by atoms with E-state index >= 15 is 0 Å². The molecule has 1 aromatic heterocycles. The Kier molecular flexibility index (Phi) is 3.75. The van der Waals surface area contributed by atoms with E-state index in [0.29, 0.717) is 6.10 Å². The van der Waals surface area contributed by atoms with Crippen LogP contribution in [-0.2, 0) is 0 Å². The number of benzene rings is 1. The molecule has 0 spiro atoms. The average molecular weight is 254 g/mol. The smallest absolute Gasteiger partial charge is 0.119 e. The molecule has 0 amide bonds. The Balaban J connectivity index is 1.68. The maximum atomic E-state index is 5.96. The largest absolute Gasteiger partial charge is 0.489 e. The van der Waals surface area contributed by atoms with E-state index in [1.807, 2.05) is 36.5 Å². The van der Waals surface area contributed by atoms with E-state index in [0.717, 1.165) is 36.5 Å². The van der Waals surface area contributed by atoms with Gasteiger partial charge in [-0.15, -0.1) is 0 Å². The van der Waals surface area contributed by atoms with Crippen molar-refractivity contribution in [2.24, 2.45) is 0 Å². The Labute approximate surface area is 113 Å². The third kappa shape index (κ3) is 3.12. The number of nitrogens with one attached hydrogen (secondary N) is 1. The van der Waals surface area contributed by atoms with E-state index in [1.165, 1.54) is 6.42 Å². The minimum atomic E-state index is 0.300. The van der Waals surface area contributed by atoms with E-state index in [-0.39, 0.29) is 0 Å². The van der Waals surface area contributed by atoms with Gasteiger partial charge in [-0.3, -0.25) is 4.98 Å². The molecule has 2 aromatic rings. The van der Waals surface area contributed by atoms with Crippen molar-refractivity contribution >= 4 is 0 Å². The Hall–Kier alpha value is -1.87. The minimum Gasteiger partial charge on any atom is -0.489 e. The van der Waals surface area contributed by atoms with Gasteiger partial charge in [0, 0.05) is 18.3 Å². The predicted octanol–water partition coefficient (Wildman–Crippen LogP) is 2.88. The van der Waals surface area contributed by atoms with Crippen molar-refractivity contribution in [3.63, 3.8) is 0 Å². The van der Waals surface area contributed by atoms with Crippen LogP contribution in [0.15, 0.2) is 48.7 Å².